The second kappa shape index (κ2) is 8.21. The van der Waals surface area contributed by atoms with Gasteiger partial charge in [0, 0.05) is 19.2 Å². The molecule has 0 aliphatic rings. The van der Waals surface area contributed by atoms with Gasteiger partial charge in [0.2, 0.25) is 5.75 Å². The highest BCUT2D eigenvalue weighted by molar-refractivity contribution is 5.98. The van der Waals surface area contributed by atoms with Crippen LogP contribution in [0.1, 0.15) is 30.1 Å². The van der Waals surface area contributed by atoms with E-state index in [1.165, 1.54) is 25.3 Å². The molecule has 0 radical (unpaired) electrons. The zero-order chi connectivity index (χ0) is 15.8. The first-order chi connectivity index (χ1) is 10.0. The highest BCUT2D eigenvalue weighted by atomic mass is 16.6. The standard InChI is InChI=1S/C14H20N2O5/c1-10(9-17)5-4-8-15-14(18)11-6-3-7-12(16(19)20)13(11)21-2/h3,6-7,10,17H,4-5,8-9H2,1-2H3,(H,15,18). The Bertz CT molecular complexity index is 504. The number of methoxy groups -OCH3 is 1. The number of aliphatic hydroxyl groups is 1. The number of nitro groups is 1. The molecule has 21 heavy (non-hydrogen) atoms. The average molecular weight is 296 g/mol. The van der Waals surface area contributed by atoms with Crippen molar-refractivity contribution in [3.05, 3.63) is 33.9 Å². The van der Waals surface area contributed by atoms with Crippen LogP contribution in [0.25, 0.3) is 0 Å². The quantitative estimate of drug-likeness (QED) is 0.432. The fraction of sp³-hybridized carbons (Fsp3) is 0.500. The summed E-state index contributed by atoms with van der Waals surface area (Å²) in [5.41, 5.74) is -0.0963. The van der Waals surface area contributed by atoms with Crippen LogP contribution in [0.15, 0.2) is 18.2 Å². The second-order valence-electron chi connectivity index (χ2n) is 4.80. The normalized spacial score (nSPS) is 11.8. The Kier molecular flexibility index (Phi) is 6.61. The monoisotopic (exact) mass is 296 g/mol. The number of ether oxygens (including phenoxy) is 1. The fourth-order valence-electron chi connectivity index (χ4n) is 1.90. The summed E-state index contributed by atoms with van der Waals surface area (Å²) in [7, 11) is 1.29. The van der Waals surface area contributed by atoms with Crippen molar-refractivity contribution >= 4 is 11.6 Å². The van der Waals surface area contributed by atoms with E-state index in [0.29, 0.717) is 6.54 Å². The summed E-state index contributed by atoms with van der Waals surface area (Å²) in [6, 6.07) is 4.22. The SMILES string of the molecule is COc1c(C(=O)NCCCC(C)CO)cccc1[N+](=O)[O-]. The van der Waals surface area contributed by atoms with Gasteiger partial charge in [0.05, 0.1) is 17.6 Å². The molecule has 0 aliphatic carbocycles. The summed E-state index contributed by atoms with van der Waals surface area (Å²) < 4.78 is 4.99. The molecule has 0 fully saturated rings. The highest BCUT2D eigenvalue weighted by Gasteiger charge is 2.22. The van der Waals surface area contributed by atoms with Gasteiger partial charge in [-0.2, -0.15) is 0 Å². The Morgan fingerprint density at radius 1 is 1.52 bits per heavy atom. The number of nitro benzene ring substituents is 1. The molecule has 0 bridgehead atoms. The zero-order valence-corrected chi connectivity index (χ0v) is 12.2. The number of para-hydroxylation sites is 1. The van der Waals surface area contributed by atoms with Crippen LogP contribution in [0.5, 0.6) is 5.75 Å². The molecule has 1 aromatic rings. The van der Waals surface area contributed by atoms with E-state index < -0.39 is 10.8 Å². The van der Waals surface area contributed by atoms with Crippen LogP contribution >= 0.6 is 0 Å². The Morgan fingerprint density at radius 2 is 2.24 bits per heavy atom. The number of aliphatic hydroxyl groups excluding tert-OH is 1. The molecule has 1 aromatic carbocycles. The predicted molar refractivity (Wildman–Crippen MR) is 77.5 cm³/mol. The van der Waals surface area contributed by atoms with Crippen molar-refractivity contribution in [3.8, 4) is 5.75 Å². The van der Waals surface area contributed by atoms with Crippen LogP contribution in [0.3, 0.4) is 0 Å². The highest BCUT2D eigenvalue weighted by Crippen LogP contribution is 2.30. The maximum atomic E-state index is 12.1. The molecule has 0 saturated carbocycles. The summed E-state index contributed by atoms with van der Waals surface area (Å²) >= 11 is 0. The summed E-state index contributed by atoms with van der Waals surface area (Å²) in [4.78, 5) is 22.4. The van der Waals surface area contributed by atoms with E-state index in [0.717, 1.165) is 12.8 Å². The maximum absolute atomic E-state index is 12.1. The molecule has 1 rings (SSSR count). The molecule has 0 spiro atoms. The van der Waals surface area contributed by atoms with Crippen molar-refractivity contribution in [1.29, 1.82) is 0 Å². The molecule has 116 valence electrons. The average Bonchev–Trinajstić information content (AvgIpc) is 2.49. The van der Waals surface area contributed by atoms with E-state index in [4.69, 9.17) is 9.84 Å². The van der Waals surface area contributed by atoms with Crippen molar-refractivity contribution in [1.82, 2.24) is 5.32 Å². The van der Waals surface area contributed by atoms with Crippen LogP contribution in [0, 0.1) is 16.0 Å². The minimum atomic E-state index is -0.585. The van der Waals surface area contributed by atoms with E-state index in [9.17, 15) is 14.9 Å². The fourth-order valence-corrected chi connectivity index (χ4v) is 1.90. The lowest BCUT2D eigenvalue weighted by atomic mass is 10.1. The minimum absolute atomic E-state index is 0.0382. The van der Waals surface area contributed by atoms with Crippen LogP contribution < -0.4 is 10.1 Å². The molecule has 1 amide bonds. The first-order valence-corrected chi connectivity index (χ1v) is 6.71. The Labute approximate surface area is 123 Å². The van der Waals surface area contributed by atoms with E-state index >= 15 is 0 Å². The molecular weight excluding hydrogens is 276 g/mol. The van der Waals surface area contributed by atoms with Gasteiger partial charge < -0.3 is 15.2 Å². The van der Waals surface area contributed by atoms with Gasteiger partial charge in [0.1, 0.15) is 0 Å². The molecule has 0 aliphatic heterocycles. The van der Waals surface area contributed by atoms with Gasteiger partial charge in [-0.1, -0.05) is 13.0 Å². The van der Waals surface area contributed by atoms with Gasteiger partial charge in [-0.3, -0.25) is 14.9 Å². The largest absolute Gasteiger partial charge is 0.490 e. The third-order valence-corrected chi connectivity index (χ3v) is 3.11. The van der Waals surface area contributed by atoms with Crippen LogP contribution in [0.2, 0.25) is 0 Å². The van der Waals surface area contributed by atoms with Gasteiger partial charge in [-0.05, 0) is 24.8 Å². The van der Waals surface area contributed by atoms with Gasteiger partial charge in [0.15, 0.2) is 0 Å². The number of carbonyl (C=O) groups excluding carboxylic acids is 1. The maximum Gasteiger partial charge on any atom is 0.311 e. The first-order valence-electron chi connectivity index (χ1n) is 6.71. The lowest BCUT2D eigenvalue weighted by Gasteiger charge is -2.10. The van der Waals surface area contributed by atoms with Crippen LogP contribution in [0.4, 0.5) is 5.69 Å². The predicted octanol–water partition coefficient (Wildman–Crippen LogP) is 1.74. The lowest BCUT2D eigenvalue weighted by molar-refractivity contribution is -0.385. The number of nitrogens with one attached hydrogen (secondary N) is 1. The number of amides is 1. The smallest absolute Gasteiger partial charge is 0.311 e. The molecule has 0 saturated heterocycles. The number of benzene rings is 1. The Balaban J connectivity index is 2.70. The third-order valence-electron chi connectivity index (χ3n) is 3.11. The molecule has 0 aromatic heterocycles. The lowest BCUT2D eigenvalue weighted by Crippen LogP contribution is -2.25. The van der Waals surface area contributed by atoms with E-state index in [1.807, 2.05) is 6.92 Å². The number of carbonyl (C=O) groups is 1. The summed E-state index contributed by atoms with van der Waals surface area (Å²) in [6.07, 6.45) is 1.52. The first kappa shape index (κ1) is 16.9. The number of hydrogen-bond acceptors (Lipinski definition) is 5. The third kappa shape index (κ3) is 4.71. The minimum Gasteiger partial charge on any atom is -0.490 e. The van der Waals surface area contributed by atoms with Gasteiger partial charge in [0.25, 0.3) is 5.91 Å². The molecule has 7 nitrogen and oxygen atoms in total. The Hall–Kier alpha value is -2.15. The van der Waals surface area contributed by atoms with Gasteiger partial charge in [-0.25, -0.2) is 0 Å². The van der Waals surface area contributed by atoms with Crippen molar-refractivity contribution in [2.75, 3.05) is 20.3 Å². The van der Waals surface area contributed by atoms with Gasteiger partial charge >= 0.3 is 5.69 Å². The van der Waals surface area contributed by atoms with Crippen molar-refractivity contribution in [2.24, 2.45) is 5.92 Å². The topological polar surface area (TPSA) is 102 Å². The summed E-state index contributed by atoms with van der Waals surface area (Å²) in [5.74, 6) is -0.259. The zero-order valence-electron chi connectivity index (χ0n) is 12.2. The molecule has 0 heterocycles. The second-order valence-corrected chi connectivity index (χ2v) is 4.80. The van der Waals surface area contributed by atoms with E-state index in [2.05, 4.69) is 5.32 Å². The van der Waals surface area contributed by atoms with E-state index in [1.54, 1.807) is 0 Å². The number of hydrogen-bond donors (Lipinski definition) is 2. The van der Waals surface area contributed by atoms with Crippen molar-refractivity contribution < 1.29 is 19.6 Å². The molecule has 1 unspecified atom stereocenters. The summed E-state index contributed by atoms with van der Waals surface area (Å²) in [5, 5.41) is 22.5. The number of nitrogens with zero attached hydrogens (tertiary/aromatic N) is 1. The van der Waals surface area contributed by atoms with Crippen LogP contribution in [-0.2, 0) is 0 Å². The summed E-state index contributed by atoms with van der Waals surface area (Å²) in [6.45, 7) is 2.48. The number of rotatable bonds is 8. The van der Waals surface area contributed by atoms with Crippen LogP contribution in [-0.4, -0.2) is 36.2 Å². The Morgan fingerprint density at radius 3 is 2.81 bits per heavy atom. The molecule has 7 heteroatoms. The molecular formula is C14H20N2O5. The molecule has 1 atom stereocenters. The van der Waals surface area contributed by atoms with Crippen molar-refractivity contribution in [3.63, 3.8) is 0 Å². The molecule has 2 N–H and O–H groups in total. The van der Waals surface area contributed by atoms with Crippen molar-refractivity contribution in [2.45, 2.75) is 19.8 Å². The van der Waals surface area contributed by atoms with Gasteiger partial charge in [-0.15, -0.1) is 0 Å². The van der Waals surface area contributed by atoms with E-state index in [-0.39, 0.29) is 29.5 Å².